The molecule has 0 amide bonds. The van der Waals surface area contributed by atoms with E-state index in [1.54, 1.807) is 6.07 Å². The van der Waals surface area contributed by atoms with Crippen molar-refractivity contribution in [3.8, 4) is 17.2 Å². The van der Waals surface area contributed by atoms with E-state index in [2.05, 4.69) is 5.32 Å². The molecule has 4 nitrogen and oxygen atoms in total. The summed E-state index contributed by atoms with van der Waals surface area (Å²) in [5.41, 5.74) is 8.79. The lowest BCUT2D eigenvalue weighted by molar-refractivity contribution is 0.456. The Kier molecular flexibility index (Phi) is 1.92. The SMILES string of the molecule is Cc1ccc2c(c1)Nc1cc(N)c(O)cc1O2. The van der Waals surface area contributed by atoms with E-state index < -0.39 is 0 Å². The highest BCUT2D eigenvalue weighted by molar-refractivity contribution is 5.79. The van der Waals surface area contributed by atoms with Gasteiger partial charge in [0.25, 0.3) is 0 Å². The maximum Gasteiger partial charge on any atom is 0.154 e. The zero-order valence-corrected chi connectivity index (χ0v) is 9.32. The topological polar surface area (TPSA) is 67.5 Å². The van der Waals surface area contributed by atoms with Crippen LogP contribution in [0.15, 0.2) is 30.3 Å². The quantitative estimate of drug-likeness (QED) is 0.314. The van der Waals surface area contributed by atoms with Crippen LogP contribution in [-0.2, 0) is 0 Å². The van der Waals surface area contributed by atoms with Gasteiger partial charge in [0, 0.05) is 6.07 Å². The van der Waals surface area contributed by atoms with Gasteiger partial charge in [-0.25, -0.2) is 0 Å². The summed E-state index contributed by atoms with van der Waals surface area (Å²) in [4.78, 5) is 0. The molecule has 0 atom stereocenters. The first-order valence-electron chi connectivity index (χ1n) is 5.31. The van der Waals surface area contributed by atoms with Crippen molar-refractivity contribution in [3.05, 3.63) is 35.9 Å². The number of hydrogen-bond acceptors (Lipinski definition) is 4. The summed E-state index contributed by atoms with van der Waals surface area (Å²) in [6, 6.07) is 9.05. The largest absolute Gasteiger partial charge is 0.506 e. The summed E-state index contributed by atoms with van der Waals surface area (Å²) in [6.07, 6.45) is 0. The lowest BCUT2D eigenvalue weighted by atomic mass is 10.1. The number of fused-ring (bicyclic) bond motifs is 2. The highest BCUT2D eigenvalue weighted by atomic mass is 16.5. The molecule has 0 spiro atoms. The van der Waals surface area contributed by atoms with Crippen molar-refractivity contribution in [2.24, 2.45) is 0 Å². The molecule has 0 saturated carbocycles. The number of aromatic hydroxyl groups is 1. The number of phenols is 1. The normalized spacial score (nSPS) is 12.1. The van der Waals surface area contributed by atoms with Crippen LogP contribution in [0, 0.1) is 6.92 Å². The van der Waals surface area contributed by atoms with Crippen LogP contribution in [0.1, 0.15) is 5.56 Å². The molecule has 0 unspecified atom stereocenters. The maximum absolute atomic E-state index is 9.53. The van der Waals surface area contributed by atoms with Gasteiger partial charge in [-0.05, 0) is 30.7 Å². The minimum absolute atomic E-state index is 0.0288. The number of anilines is 3. The summed E-state index contributed by atoms with van der Waals surface area (Å²) >= 11 is 0. The van der Waals surface area contributed by atoms with Crippen molar-refractivity contribution in [2.45, 2.75) is 6.92 Å². The lowest BCUT2D eigenvalue weighted by Gasteiger charge is -2.22. The van der Waals surface area contributed by atoms with Crippen LogP contribution >= 0.6 is 0 Å². The van der Waals surface area contributed by atoms with Crippen molar-refractivity contribution in [1.82, 2.24) is 0 Å². The van der Waals surface area contributed by atoms with E-state index in [1.165, 1.54) is 6.07 Å². The van der Waals surface area contributed by atoms with E-state index in [0.717, 1.165) is 22.7 Å². The molecule has 0 fully saturated rings. The average molecular weight is 228 g/mol. The third-order valence-electron chi connectivity index (χ3n) is 2.75. The Balaban J connectivity index is 2.11. The van der Waals surface area contributed by atoms with Crippen molar-refractivity contribution in [2.75, 3.05) is 11.1 Å². The first-order chi connectivity index (χ1) is 8.13. The Bertz CT molecular complexity index is 609. The molecule has 4 N–H and O–H groups in total. The third kappa shape index (κ3) is 1.54. The van der Waals surface area contributed by atoms with Crippen LogP contribution in [0.3, 0.4) is 0 Å². The molecule has 0 bridgehead atoms. The number of benzene rings is 2. The fourth-order valence-electron chi connectivity index (χ4n) is 1.86. The van der Waals surface area contributed by atoms with Crippen molar-refractivity contribution in [1.29, 1.82) is 0 Å². The molecule has 1 heterocycles. The molecule has 1 aliphatic rings. The Morgan fingerprint density at radius 3 is 2.71 bits per heavy atom. The van der Waals surface area contributed by atoms with Gasteiger partial charge in [-0.2, -0.15) is 0 Å². The van der Waals surface area contributed by atoms with Gasteiger partial charge < -0.3 is 20.9 Å². The predicted molar refractivity (Wildman–Crippen MR) is 67.1 cm³/mol. The van der Waals surface area contributed by atoms with Crippen molar-refractivity contribution >= 4 is 17.1 Å². The summed E-state index contributed by atoms with van der Waals surface area (Å²) in [7, 11) is 0. The van der Waals surface area contributed by atoms with Gasteiger partial charge in [0.1, 0.15) is 5.75 Å². The third-order valence-corrected chi connectivity index (χ3v) is 2.75. The van der Waals surface area contributed by atoms with E-state index in [-0.39, 0.29) is 5.75 Å². The smallest absolute Gasteiger partial charge is 0.154 e. The second-order valence-corrected chi connectivity index (χ2v) is 4.13. The number of rotatable bonds is 0. The number of phenolic OH excluding ortho intramolecular Hbond substituents is 1. The molecule has 2 aromatic carbocycles. The van der Waals surface area contributed by atoms with Crippen molar-refractivity contribution in [3.63, 3.8) is 0 Å². The van der Waals surface area contributed by atoms with Crippen LogP contribution in [0.4, 0.5) is 17.1 Å². The molecule has 0 aliphatic carbocycles. The number of aryl methyl sites for hydroxylation is 1. The Morgan fingerprint density at radius 1 is 1.12 bits per heavy atom. The molecule has 17 heavy (non-hydrogen) atoms. The molecule has 1 aliphatic heterocycles. The number of nitrogens with one attached hydrogen (secondary N) is 1. The van der Waals surface area contributed by atoms with Crippen LogP contribution in [-0.4, -0.2) is 5.11 Å². The van der Waals surface area contributed by atoms with E-state index in [0.29, 0.717) is 11.4 Å². The monoisotopic (exact) mass is 228 g/mol. The first-order valence-corrected chi connectivity index (χ1v) is 5.31. The second-order valence-electron chi connectivity index (χ2n) is 4.13. The number of ether oxygens (including phenoxy) is 1. The van der Waals surface area contributed by atoms with Crippen LogP contribution < -0.4 is 15.8 Å². The fourth-order valence-corrected chi connectivity index (χ4v) is 1.86. The molecule has 0 saturated heterocycles. The standard InChI is InChI=1S/C13H12N2O2/c1-7-2-3-12-9(4-7)15-10-5-8(14)11(16)6-13(10)17-12/h2-6,15-16H,14H2,1H3. The fraction of sp³-hybridized carbons (Fsp3) is 0.0769. The van der Waals surface area contributed by atoms with Gasteiger partial charge in [0.05, 0.1) is 17.1 Å². The van der Waals surface area contributed by atoms with Gasteiger partial charge in [-0.15, -0.1) is 0 Å². The second kappa shape index (κ2) is 3.31. The Hall–Kier alpha value is -2.36. The maximum atomic E-state index is 9.53. The molecule has 4 heteroatoms. The number of nitrogens with two attached hydrogens (primary N) is 1. The zero-order valence-electron chi connectivity index (χ0n) is 9.32. The summed E-state index contributed by atoms with van der Waals surface area (Å²) in [5, 5.41) is 12.8. The molecule has 3 rings (SSSR count). The molecule has 2 aromatic rings. The van der Waals surface area contributed by atoms with E-state index in [1.807, 2.05) is 25.1 Å². The van der Waals surface area contributed by atoms with Crippen LogP contribution in [0.2, 0.25) is 0 Å². The summed E-state index contributed by atoms with van der Waals surface area (Å²) in [5.74, 6) is 1.35. The van der Waals surface area contributed by atoms with Gasteiger partial charge in [-0.3, -0.25) is 0 Å². The highest BCUT2D eigenvalue weighted by Gasteiger charge is 2.18. The zero-order chi connectivity index (χ0) is 12.0. The molecule has 0 radical (unpaired) electrons. The lowest BCUT2D eigenvalue weighted by Crippen LogP contribution is -2.03. The van der Waals surface area contributed by atoms with E-state index in [9.17, 15) is 5.11 Å². The van der Waals surface area contributed by atoms with E-state index >= 15 is 0 Å². The van der Waals surface area contributed by atoms with Crippen LogP contribution in [0.5, 0.6) is 17.2 Å². The van der Waals surface area contributed by atoms with Gasteiger partial charge in [-0.1, -0.05) is 6.07 Å². The minimum atomic E-state index is 0.0288. The predicted octanol–water partition coefficient (Wildman–Crippen LogP) is 3.13. The number of hydrogen-bond donors (Lipinski definition) is 3. The Morgan fingerprint density at radius 2 is 1.88 bits per heavy atom. The highest BCUT2D eigenvalue weighted by Crippen LogP contribution is 2.45. The van der Waals surface area contributed by atoms with E-state index in [4.69, 9.17) is 10.5 Å². The molecule has 0 aromatic heterocycles. The number of nitrogen functional groups attached to an aromatic ring is 1. The summed E-state index contributed by atoms with van der Waals surface area (Å²) in [6.45, 7) is 2.02. The molecule has 86 valence electrons. The van der Waals surface area contributed by atoms with Gasteiger partial charge >= 0.3 is 0 Å². The average Bonchev–Trinajstić information content (AvgIpc) is 2.28. The molecular weight excluding hydrogens is 216 g/mol. The van der Waals surface area contributed by atoms with Gasteiger partial charge in [0.2, 0.25) is 0 Å². The van der Waals surface area contributed by atoms with Gasteiger partial charge in [0.15, 0.2) is 11.5 Å². The summed E-state index contributed by atoms with van der Waals surface area (Å²) < 4.78 is 5.69. The minimum Gasteiger partial charge on any atom is -0.506 e. The van der Waals surface area contributed by atoms with Crippen molar-refractivity contribution < 1.29 is 9.84 Å². The first kappa shape index (κ1) is 9.84. The van der Waals surface area contributed by atoms with Crippen LogP contribution in [0.25, 0.3) is 0 Å². The Labute approximate surface area is 98.6 Å². The molecular formula is C13H12N2O2.